The molecule has 1 amide bonds. The maximum absolute atomic E-state index is 12.9. The summed E-state index contributed by atoms with van der Waals surface area (Å²) in [5, 5.41) is 3.23. The van der Waals surface area contributed by atoms with Crippen molar-refractivity contribution in [2.75, 3.05) is 6.26 Å². The molecule has 1 aliphatic carbocycles. The fraction of sp³-hybridized carbons (Fsp3) is 0.533. The molecule has 0 radical (unpaired) electrons. The van der Waals surface area contributed by atoms with Gasteiger partial charge in [0, 0.05) is 11.3 Å². The maximum Gasteiger partial charge on any atom is 0.417 e. The monoisotopic (exact) mass is 317 g/mol. The third-order valence-electron chi connectivity index (χ3n) is 3.77. The van der Waals surface area contributed by atoms with Crippen molar-refractivity contribution in [2.24, 2.45) is 0 Å². The third kappa shape index (κ3) is 4.15. The molecule has 1 aromatic carbocycles. The van der Waals surface area contributed by atoms with E-state index in [1.165, 1.54) is 18.2 Å². The van der Waals surface area contributed by atoms with Crippen molar-refractivity contribution in [2.45, 2.75) is 43.2 Å². The van der Waals surface area contributed by atoms with Crippen LogP contribution in [0.15, 0.2) is 24.3 Å². The third-order valence-corrected chi connectivity index (χ3v) is 4.87. The molecule has 2 rings (SSSR count). The number of halogens is 3. The lowest BCUT2D eigenvalue weighted by Gasteiger charge is -2.29. The van der Waals surface area contributed by atoms with E-state index in [2.05, 4.69) is 5.32 Å². The van der Waals surface area contributed by atoms with Gasteiger partial charge in [0.15, 0.2) is 0 Å². The van der Waals surface area contributed by atoms with E-state index < -0.39 is 17.6 Å². The summed E-state index contributed by atoms with van der Waals surface area (Å²) >= 11 is 1.75. The Balaban J connectivity index is 2.10. The van der Waals surface area contributed by atoms with E-state index in [-0.39, 0.29) is 11.6 Å². The summed E-state index contributed by atoms with van der Waals surface area (Å²) in [5.41, 5.74) is -1.17. The van der Waals surface area contributed by atoms with Crippen molar-refractivity contribution >= 4 is 17.7 Å². The highest BCUT2D eigenvalue weighted by atomic mass is 32.2. The second kappa shape index (κ2) is 6.73. The molecule has 0 aromatic heterocycles. The minimum absolute atomic E-state index is 0.0370. The van der Waals surface area contributed by atoms with Gasteiger partial charge < -0.3 is 5.32 Å². The molecule has 1 aromatic rings. The number of hydrogen-bond donors (Lipinski definition) is 1. The van der Waals surface area contributed by atoms with Crippen LogP contribution in [-0.2, 0) is 6.18 Å². The Morgan fingerprint density at radius 2 is 2.00 bits per heavy atom. The topological polar surface area (TPSA) is 29.1 Å². The summed E-state index contributed by atoms with van der Waals surface area (Å²) in [5.74, 6) is -0.630. The second-order valence-electron chi connectivity index (χ2n) is 5.24. The highest BCUT2D eigenvalue weighted by molar-refractivity contribution is 7.99. The van der Waals surface area contributed by atoms with Crippen LogP contribution >= 0.6 is 11.8 Å². The van der Waals surface area contributed by atoms with Crippen LogP contribution in [0.3, 0.4) is 0 Å². The summed E-state index contributed by atoms with van der Waals surface area (Å²) in [6.45, 7) is 0. The summed E-state index contributed by atoms with van der Waals surface area (Å²) in [4.78, 5) is 12.2. The number of thioether (sulfide) groups is 1. The quantitative estimate of drug-likeness (QED) is 0.909. The average molecular weight is 317 g/mol. The first kappa shape index (κ1) is 16.2. The lowest BCUT2D eigenvalue weighted by atomic mass is 9.94. The van der Waals surface area contributed by atoms with Gasteiger partial charge in [0.25, 0.3) is 5.91 Å². The summed E-state index contributed by atoms with van der Waals surface area (Å²) < 4.78 is 38.8. The molecule has 0 bridgehead atoms. The molecule has 116 valence electrons. The van der Waals surface area contributed by atoms with Gasteiger partial charge in [-0.2, -0.15) is 24.9 Å². The van der Waals surface area contributed by atoms with Crippen LogP contribution < -0.4 is 5.32 Å². The van der Waals surface area contributed by atoms with Crippen LogP contribution in [0.25, 0.3) is 0 Å². The SMILES string of the molecule is CS[C@H]1CCC[C@@H](NC(=O)c2ccccc2C(F)(F)F)C1. The van der Waals surface area contributed by atoms with Crippen LogP contribution in [0.5, 0.6) is 0 Å². The molecule has 0 unspecified atom stereocenters. The lowest BCUT2D eigenvalue weighted by molar-refractivity contribution is -0.137. The van der Waals surface area contributed by atoms with E-state index >= 15 is 0 Å². The minimum atomic E-state index is -4.51. The highest BCUT2D eigenvalue weighted by Gasteiger charge is 2.35. The number of nitrogens with one attached hydrogen (secondary N) is 1. The molecular weight excluding hydrogens is 299 g/mol. The summed E-state index contributed by atoms with van der Waals surface area (Å²) in [6.07, 6.45) is 1.26. The Labute approximate surface area is 126 Å². The van der Waals surface area contributed by atoms with Gasteiger partial charge >= 0.3 is 6.18 Å². The van der Waals surface area contributed by atoms with Gasteiger partial charge in [-0.3, -0.25) is 4.79 Å². The van der Waals surface area contributed by atoms with Gasteiger partial charge in [0.05, 0.1) is 11.1 Å². The number of amides is 1. The van der Waals surface area contributed by atoms with Gasteiger partial charge in [-0.15, -0.1) is 0 Å². The number of benzene rings is 1. The Hall–Kier alpha value is -1.17. The summed E-state index contributed by atoms with van der Waals surface area (Å²) in [7, 11) is 0. The van der Waals surface area contributed by atoms with E-state index in [1.807, 2.05) is 6.26 Å². The van der Waals surface area contributed by atoms with E-state index in [0.717, 1.165) is 31.7 Å². The fourth-order valence-corrected chi connectivity index (χ4v) is 3.51. The zero-order valence-corrected chi connectivity index (χ0v) is 12.6. The Bertz CT molecular complexity index is 504. The molecule has 1 N–H and O–H groups in total. The van der Waals surface area contributed by atoms with Crippen LogP contribution in [0, 0.1) is 0 Å². The standard InChI is InChI=1S/C15H18F3NOS/c1-21-11-6-4-5-10(9-11)19-14(20)12-7-2-3-8-13(12)15(16,17)18/h2-3,7-8,10-11H,4-6,9H2,1H3,(H,19,20)/t10-,11+/m1/s1. The van der Waals surface area contributed by atoms with Crippen molar-refractivity contribution < 1.29 is 18.0 Å². The Morgan fingerprint density at radius 1 is 1.29 bits per heavy atom. The predicted molar refractivity (Wildman–Crippen MR) is 78.5 cm³/mol. The van der Waals surface area contributed by atoms with Gasteiger partial charge in [-0.05, 0) is 37.7 Å². The second-order valence-corrected chi connectivity index (χ2v) is 6.38. The molecule has 6 heteroatoms. The van der Waals surface area contributed by atoms with Crippen LogP contribution in [-0.4, -0.2) is 23.5 Å². The summed E-state index contributed by atoms with van der Waals surface area (Å²) in [6, 6.07) is 4.89. The van der Waals surface area contributed by atoms with Crippen LogP contribution in [0.1, 0.15) is 41.6 Å². The van der Waals surface area contributed by atoms with Crippen molar-refractivity contribution in [3.8, 4) is 0 Å². The average Bonchev–Trinajstić information content (AvgIpc) is 2.46. The van der Waals surface area contributed by atoms with Crippen molar-refractivity contribution in [1.82, 2.24) is 5.32 Å². The number of hydrogen-bond acceptors (Lipinski definition) is 2. The maximum atomic E-state index is 12.9. The molecule has 2 nitrogen and oxygen atoms in total. The van der Waals surface area contributed by atoms with Crippen molar-refractivity contribution in [1.29, 1.82) is 0 Å². The Kier molecular flexibility index (Phi) is 5.19. The molecule has 1 aliphatic rings. The smallest absolute Gasteiger partial charge is 0.349 e. The zero-order chi connectivity index (χ0) is 15.5. The first-order valence-electron chi connectivity index (χ1n) is 6.91. The van der Waals surface area contributed by atoms with Crippen LogP contribution in [0.4, 0.5) is 13.2 Å². The first-order valence-corrected chi connectivity index (χ1v) is 8.20. The molecule has 1 fully saturated rings. The molecule has 0 aliphatic heterocycles. The normalized spacial score (nSPS) is 22.9. The number of alkyl halides is 3. The largest absolute Gasteiger partial charge is 0.417 e. The molecule has 0 spiro atoms. The Morgan fingerprint density at radius 3 is 2.67 bits per heavy atom. The molecule has 2 atom stereocenters. The van der Waals surface area contributed by atoms with Gasteiger partial charge in [0.2, 0.25) is 0 Å². The van der Waals surface area contributed by atoms with Crippen molar-refractivity contribution in [3.63, 3.8) is 0 Å². The molecular formula is C15H18F3NOS. The molecule has 0 saturated heterocycles. The fourth-order valence-electron chi connectivity index (χ4n) is 2.68. The first-order chi connectivity index (χ1) is 9.91. The molecule has 1 saturated carbocycles. The minimum Gasteiger partial charge on any atom is -0.349 e. The predicted octanol–water partition coefficient (Wildman–Crippen LogP) is 4.11. The van der Waals surface area contributed by atoms with E-state index in [4.69, 9.17) is 0 Å². The molecule has 0 heterocycles. The van der Waals surface area contributed by atoms with Gasteiger partial charge in [-0.1, -0.05) is 18.6 Å². The number of rotatable bonds is 3. The van der Waals surface area contributed by atoms with E-state index in [0.29, 0.717) is 5.25 Å². The lowest BCUT2D eigenvalue weighted by Crippen LogP contribution is -2.39. The number of carbonyl (C=O) groups is 1. The van der Waals surface area contributed by atoms with E-state index in [9.17, 15) is 18.0 Å². The van der Waals surface area contributed by atoms with Gasteiger partial charge in [-0.25, -0.2) is 0 Å². The zero-order valence-electron chi connectivity index (χ0n) is 11.7. The van der Waals surface area contributed by atoms with E-state index in [1.54, 1.807) is 11.8 Å². The van der Waals surface area contributed by atoms with Crippen LogP contribution in [0.2, 0.25) is 0 Å². The van der Waals surface area contributed by atoms with Gasteiger partial charge in [0.1, 0.15) is 0 Å². The van der Waals surface area contributed by atoms with Crippen molar-refractivity contribution in [3.05, 3.63) is 35.4 Å². The molecule has 21 heavy (non-hydrogen) atoms. The highest BCUT2D eigenvalue weighted by Crippen LogP contribution is 2.32. The number of carbonyl (C=O) groups excluding carboxylic acids is 1.